The maximum atomic E-state index is 11.6. The van der Waals surface area contributed by atoms with Gasteiger partial charge in [-0.3, -0.25) is 9.59 Å². The van der Waals surface area contributed by atoms with Gasteiger partial charge in [-0.1, -0.05) is 0 Å². The van der Waals surface area contributed by atoms with Gasteiger partial charge in [0.05, 0.1) is 0 Å². The number of rotatable bonds is 5. The molecule has 0 spiro atoms. The number of primary amides is 1. The molecule has 0 aliphatic heterocycles. The molecular weight excluding hydrogens is 250 g/mol. The van der Waals surface area contributed by atoms with Crippen molar-refractivity contribution in [2.75, 3.05) is 6.54 Å². The van der Waals surface area contributed by atoms with Crippen LogP contribution in [-0.4, -0.2) is 36.5 Å². The molecule has 8 nitrogen and oxygen atoms in total. The van der Waals surface area contributed by atoms with Crippen molar-refractivity contribution in [2.45, 2.75) is 4.90 Å². The number of nitrogens with one attached hydrogen (secondary N) is 1. The summed E-state index contributed by atoms with van der Waals surface area (Å²) in [6.45, 7) is -0.733. The van der Waals surface area contributed by atoms with Crippen LogP contribution in [0.3, 0.4) is 0 Å². The van der Waals surface area contributed by atoms with Crippen molar-refractivity contribution in [2.24, 2.45) is 12.8 Å². The molecule has 1 rings (SSSR count). The fraction of sp³-hybridized carbons (Fsp3) is 0.250. The van der Waals surface area contributed by atoms with Gasteiger partial charge in [0.15, 0.2) is 0 Å². The number of sulfonamides is 1. The van der Waals surface area contributed by atoms with Crippen molar-refractivity contribution in [3.63, 3.8) is 0 Å². The molecule has 0 radical (unpaired) electrons. The molecule has 0 aliphatic carbocycles. The second-order valence-corrected chi connectivity index (χ2v) is 5.02. The van der Waals surface area contributed by atoms with Crippen LogP contribution in [0.1, 0.15) is 10.5 Å². The molecule has 0 fully saturated rings. The zero-order valence-corrected chi connectivity index (χ0v) is 9.69. The SMILES string of the molecule is Cn1cc(S(=O)(=O)NCC(=O)O)cc1C(N)=O. The van der Waals surface area contributed by atoms with Crippen LogP contribution in [0.15, 0.2) is 17.2 Å². The minimum Gasteiger partial charge on any atom is -0.480 e. The molecule has 94 valence electrons. The molecule has 0 aromatic carbocycles. The van der Waals surface area contributed by atoms with Crippen LogP contribution < -0.4 is 10.5 Å². The Morgan fingerprint density at radius 3 is 2.53 bits per heavy atom. The highest BCUT2D eigenvalue weighted by molar-refractivity contribution is 7.89. The first-order chi connectivity index (χ1) is 7.74. The number of carbonyl (C=O) groups is 2. The van der Waals surface area contributed by atoms with E-state index in [1.165, 1.54) is 17.8 Å². The summed E-state index contributed by atoms with van der Waals surface area (Å²) in [5.74, 6) is -2.08. The molecular formula is C8H11N3O5S. The van der Waals surface area contributed by atoms with Gasteiger partial charge in [-0.25, -0.2) is 8.42 Å². The summed E-state index contributed by atoms with van der Waals surface area (Å²) in [5, 5.41) is 8.37. The molecule has 9 heteroatoms. The summed E-state index contributed by atoms with van der Waals surface area (Å²) in [6, 6.07) is 1.08. The van der Waals surface area contributed by atoms with Crippen LogP contribution in [-0.2, 0) is 21.9 Å². The van der Waals surface area contributed by atoms with Crippen molar-refractivity contribution < 1.29 is 23.1 Å². The van der Waals surface area contributed by atoms with Gasteiger partial charge in [0, 0.05) is 13.2 Å². The van der Waals surface area contributed by atoms with Crippen LogP contribution in [0.2, 0.25) is 0 Å². The summed E-state index contributed by atoms with van der Waals surface area (Å²) in [5.41, 5.74) is 5.04. The van der Waals surface area contributed by atoms with Crippen molar-refractivity contribution in [1.82, 2.24) is 9.29 Å². The molecule has 4 N–H and O–H groups in total. The van der Waals surface area contributed by atoms with E-state index in [1.54, 1.807) is 0 Å². The van der Waals surface area contributed by atoms with E-state index in [0.29, 0.717) is 0 Å². The lowest BCUT2D eigenvalue weighted by Gasteiger charge is -2.00. The van der Waals surface area contributed by atoms with Gasteiger partial charge < -0.3 is 15.4 Å². The van der Waals surface area contributed by atoms with Gasteiger partial charge in [0.2, 0.25) is 10.0 Å². The smallest absolute Gasteiger partial charge is 0.318 e. The van der Waals surface area contributed by atoms with Gasteiger partial charge >= 0.3 is 5.97 Å². The number of hydrogen-bond acceptors (Lipinski definition) is 4. The Kier molecular flexibility index (Phi) is 3.53. The first kappa shape index (κ1) is 13.2. The molecule has 1 aromatic rings. The van der Waals surface area contributed by atoms with Crippen LogP contribution in [0, 0.1) is 0 Å². The average Bonchev–Trinajstić information content (AvgIpc) is 2.58. The Balaban J connectivity index is 3.04. The van der Waals surface area contributed by atoms with Crippen LogP contribution >= 0.6 is 0 Å². The van der Waals surface area contributed by atoms with E-state index in [1.807, 2.05) is 4.72 Å². The molecule has 0 saturated heterocycles. The molecule has 1 amide bonds. The summed E-state index contributed by atoms with van der Waals surface area (Å²) in [6.07, 6.45) is 1.17. The number of carboxylic acid groups (broad SMARTS) is 1. The lowest BCUT2D eigenvalue weighted by molar-refractivity contribution is -0.135. The number of nitrogens with two attached hydrogens (primary N) is 1. The monoisotopic (exact) mass is 261 g/mol. The third-order valence-electron chi connectivity index (χ3n) is 1.96. The normalized spacial score (nSPS) is 11.4. The molecule has 17 heavy (non-hydrogen) atoms. The van der Waals surface area contributed by atoms with E-state index in [2.05, 4.69) is 0 Å². The van der Waals surface area contributed by atoms with Crippen molar-refractivity contribution >= 4 is 21.9 Å². The minimum atomic E-state index is -3.95. The molecule has 0 saturated carbocycles. The van der Waals surface area contributed by atoms with E-state index < -0.39 is 28.4 Å². The zero-order chi connectivity index (χ0) is 13.2. The lowest BCUT2D eigenvalue weighted by atomic mass is 10.4. The third kappa shape index (κ3) is 3.04. The largest absolute Gasteiger partial charge is 0.480 e. The van der Waals surface area contributed by atoms with E-state index in [4.69, 9.17) is 10.8 Å². The van der Waals surface area contributed by atoms with E-state index >= 15 is 0 Å². The second-order valence-electron chi connectivity index (χ2n) is 3.25. The Hall–Kier alpha value is -1.87. The second kappa shape index (κ2) is 4.55. The maximum Gasteiger partial charge on any atom is 0.318 e. The zero-order valence-electron chi connectivity index (χ0n) is 8.87. The highest BCUT2D eigenvalue weighted by Crippen LogP contribution is 2.12. The van der Waals surface area contributed by atoms with Crippen molar-refractivity contribution in [3.05, 3.63) is 18.0 Å². The highest BCUT2D eigenvalue weighted by atomic mass is 32.2. The first-order valence-electron chi connectivity index (χ1n) is 4.41. The van der Waals surface area contributed by atoms with E-state index in [-0.39, 0.29) is 10.6 Å². The Labute approximate surface area is 97.1 Å². The van der Waals surface area contributed by atoms with Gasteiger partial charge in [-0.15, -0.1) is 0 Å². The predicted molar refractivity (Wildman–Crippen MR) is 56.8 cm³/mol. The van der Waals surface area contributed by atoms with Gasteiger partial charge in [0.1, 0.15) is 17.1 Å². The standard InChI is InChI=1S/C8H11N3O5S/c1-11-4-5(2-6(11)8(9)14)17(15,16)10-3-7(12)13/h2,4,10H,3H2,1H3,(H2,9,14)(H,12,13). The number of aliphatic carboxylic acids is 1. The van der Waals surface area contributed by atoms with Gasteiger partial charge in [-0.05, 0) is 6.07 Å². The molecule has 0 bridgehead atoms. The van der Waals surface area contributed by atoms with Crippen molar-refractivity contribution in [3.8, 4) is 0 Å². The Bertz CT molecular complexity index is 560. The quantitative estimate of drug-likeness (QED) is 0.592. The number of carboxylic acids is 1. The topological polar surface area (TPSA) is 131 Å². The summed E-state index contributed by atoms with van der Waals surface area (Å²) in [4.78, 5) is 21.0. The van der Waals surface area contributed by atoms with Gasteiger partial charge in [0.25, 0.3) is 5.91 Å². The maximum absolute atomic E-state index is 11.6. The fourth-order valence-electron chi connectivity index (χ4n) is 1.17. The number of aryl methyl sites for hydroxylation is 1. The van der Waals surface area contributed by atoms with Crippen LogP contribution in [0.5, 0.6) is 0 Å². The number of amides is 1. The molecule has 0 aliphatic rings. The first-order valence-corrected chi connectivity index (χ1v) is 5.90. The summed E-state index contributed by atoms with van der Waals surface area (Å²) in [7, 11) is -2.50. The molecule has 1 aromatic heterocycles. The summed E-state index contributed by atoms with van der Waals surface area (Å²) < 4.78 is 26.3. The predicted octanol–water partition coefficient (Wildman–Crippen LogP) is -1.51. The molecule has 0 unspecified atom stereocenters. The van der Waals surface area contributed by atoms with Gasteiger partial charge in [-0.2, -0.15) is 4.72 Å². The Morgan fingerprint density at radius 2 is 2.12 bits per heavy atom. The van der Waals surface area contributed by atoms with Crippen molar-refractivity contribution in [1.29, 1.82) is 0 Å². The Morgan fingerprint density at radius 1 is 1.53 bits per heavy atom. The van der Waals surface area contributed by atoms with Crippen LogP contribution in [0.25, 0.3) is 0 Å². The highest BCUT2D eigenvalue weighted by Gasteiger charge is 2.19. The van der Waals surface area contributed by atoms with Crippen LogP contribution in [0.4, 0.5) is 0 Å². The van der Waals surface area contributed by atoms with E-state index in [9.17, 15) is 18.0 Å². The number of hydrogen-bond donors (Lipinski definition) is 3. The number of carbonyl (C=O) groups excluding carboxylic acids is 1. The lowest BCUT2D eigenvalue weighted by Crippen LogP contribution is -2.29. The minimum absolute atomic E-state index is 0.0145. The average molecular weight is 261 g/mol. The van der Waals surface area contributed by atoms with E-state index in [0.717, 1.165) is 6.07 Å². The third-order valence-corrected chi connectivity index (χ3v) is 3.32. The fourth-order valence-corrected chi connectivity index (χ4v) is 2.21. The molecule has 0 atom stereocenters. The molecule has 1 heterocycles. The number of aromatic nitrogens is 1. The summed E-state index contributed by atoms with van der Waals surface area (Å²) >= 11 is 0. The number of nitrogens with zero attached hydrogens (tertiary/aromatic N) is 1.